The normalized spacial score (nSPS) is 11.0. The van der Waals surface area contributed by atoms with E-state index in [1.807, 2.05) is 24.3 Å². The van der Waals surface area contributed by atoms with E-state index in [2.05, 4.69) is 42.7 Å². The van der Waals surface area contributed by atoms with E-state index in [1.54, 1.807) is 0 Å². The standard InChI is InChI=1S/C18H18ClNO/c1-3-20-15(11-14-9-8-13(2)10-17(14)20)12-21-18-7-5-4-6-16(18)19/h4-11H,3,12H2,1-2H3. The maximum absolute atomic E-state index is 6.13. The quantitative estimate of drug-likeness (QED) is 0.645. The van der Waals surface area contributed by atoms with E-state index in [4.69, 9.17) is 16.3 Å². The predicted octanol–water partition coefficient (Wildman–Crippen LogP) is 5.20. The number of fused-ring (bicyclic) bond motifs is 1. The lowest BCUT2D eigenvalue weighted by molar-refractivity contribution is 0.296. The van der Waals surface area contributed by atoms with Crippen molar-refractivity contribution in [2.24, 2.45) is 0 Å². The van der Waals surface area contributed by atoms with Gasteiger partial charge in [0.1, 0.15) is 12.4 Å². The average molecular weight is 300 g/mol. The van der Waals surface area contributed by atoms with Crippen molar-refractivity contribution >= 4 is 22.5 Å². The topological polar surface area (TPSA) is 14.2 Å². The van der Waals surface area contributed by atoms with Crippen LogP contribution in [0.3, 0.4) is 0 Å². The smallest absolute Gasteiger partial charge is 0.138 e. The number of aromatic nitrogens is 1. The second kappa shape index (κ2) is 5.82. The van der Waals surface area contributed by atoms with E-state index in [0.717, 1.165) is 18.0 Å². The first-order chi connectivity index (χ1) is 10.2. The number of hydrogen-bond donors (Lipinski definition) is 0. The number of hydrogen-bond acceptors (Lipinski definition) is 1. The summed E-state index contributed by atoms with van der Waals surface area (Å²) in [7, 11) is 0. The van der Waals surface area contributed by atoms with E-state index >= 15 is 0 Å². The summed E-state index contributed by atoms with van der Waals surface area (Å²) in [6, 6.07) is 16.3. The zero-order chi connectivity index (χ0) is 14.8. The minimum Gasteiger partial charge on any atom is -0.486 e. The Morgan fingerprint density at radius 1 is 1.10 bits per heavy atom. The molecular weight excluding hydrogens is 282 g/mol. The molecule has 1 aromatic heterocycles. The zero-order valence-corrected chi connectivity index (χ0v) is 13.0. The van der Waals surface area contributed by atoms with Gasteiger partial charge in [-0.1, -0.05) is 35.9 Å². The average Bonchev–Trinajstić information content (AvgIpc) is 2.83. The summed E-state index contributed by atoms with van der Waals surface area (Å²) in [5.74, 6) is 0.725. The molecule has 0 spiro atoms. The molecule has 0 saturated carbocycles. The third-order valence-corrected chi connectivity index (χ3v) is 3.99. The van der Waals surface area contributed by atoms with Crippen molar-refractivity contribution in [2.45, 2.75) is 27.0 Å². The fraction of sp³-hybridized carbons (Fsp3) is 0.222. The molecule has 0 amide bonds. The van der Waals surface area contributed by atoms with E-state index in [9.17, 15) is 0 Å². The van der Waals surface area contributed by atoms with Crippen LogP contribution in [-0.2, 0) is 13.2 Å². The zero-order valence-electron chi connectivity index (χ0n) is 12.3. The van der Waals surface area contributed by atoms with Gasteiger partial charge in [-0.15, -0.1) is 0 Å². The summed E-state index contributed by atoms with van der Waals surface area (Å²) < 4.78 is 8.16. The van der Waals surface area contributed by atoms with Gasteiger partial charge >= 0.3 is 0 Å². The van der Waals surface area contributed by atoms with E-state index in [0.29, 0.717) is 11.6 Å². The lowest BCUT2D eigenvalue weighted by Gasteiger charge is -2.11. The number of halogens is 1. The Kier molecular flexibility index (Phi) is 3.89. The molecule has 3 rings (SSSR count). The van der Waals surface area contributed by atoms with Crippen molar-refractivity contribution in [2.75, 3.05) is 0 Å². The van der Waals surface area contributed by atoms with Crippen molar-refractivity contribution in [1.29, 1.82) is 0 Å². The van der Waals surface area contributed by atoms with Crippen LogP contribution in [0.15, 0.2) is 48.5 Å². The van der Waals surface area contributed by atoms with Crippen LogP contribution in [0.5, 0.6) is 5.75 Å². The molecule has 0 aliphatic carbocycles. The van der Waals surface area contributed by atoms with Crippen molar-refractivity contribution in [3.8, 4) is 5.75 Å². The first-order valence-corrected chi connectivity index (χ1v) is 7.53. The highest BCUT2D eigenvalue weighted by Crippen LogP contribution is 2.26. The lowest BCUT2D eigenvalue weighted by atomic mass is 10.2. The van der Waals surface area contributed by atoms with Gasteiger partial charge in [0.15, 0.2) is 0 Å². The monoisotopic (exact) mass is 299 g/mol. The lowest BCUT2D eigenvalue weighted by Crippen LogP contribution is -2.04. The highest BCUT2D eigenvalue weighted by Gasteiger charge is 2.09. The predicted molar refractivity (Wildman–Crippen MR) is 88.1 cm³/mol. The minimum atomic E-state index is 0.519. The number of aryl methyl sites for hydroxylation is 2. The van der Waals surface area contributed by atoms with Gasteiger partial charge in [0.2, 0.25) is 0 Å². The van der Waals surface area contributed by atoms with Crippen molar-refractivity contribution in [3.05, 3.63) is 64.8 Å². The van der Waals surface area contributed by atoms with Gasteiger partial charge in [-0.3, -0.25) is 0 Å². The van der Waals surface area contributed by atoms with Crippen LogP contribution in [-0.4, -0.2) is 4.57 Å². The van der Waals surface area contributed by atoms with E-state index in [-0.39, 0.29) is 0 Å². The molecule has 3 aromatic rings. The molecular formula is C18H18ClNO. The molecule has 0 aliphatic rings. The number of benzene rings is 2. The second-order valence-electron chi connectivity index (χ2n) is 5.16. The first-order valence-electron chi connectivity index (χ1n) is 7.15. The van der Waals surface area contributed by atoms with Crippen LogP contribution in [0.2, 0.25) is 5.02 Å². The van der Waals surface area contributed by atoms with Gasteiger partial charge in [0, 0.05) is 17.4 Å². The molecule has 1 heterocycles. The molecule has 0 bridgehead atoms. The van der Waals surface area contributed by atoms with Crippen LogP contribution in [0, 0.1) is 6.92 Å². The fourth-order valence-electron chi connectivity index (χ4n) is 2.63. The summed E-state index contributed by atoms with van der Waals surface area (Å²) in [5, 5.41) is 1.90. The van der Waals surface area contributed by atoms with Crippen LogP contribution >= 0.6 is 11.6 Å². The van der Waals surface area contributed by atoms with Gasteiger partial charge < -0.3 is 9.30 Å². The van der Waals surface area contributed by atoms with Crippen molar-refractivity contribution < 1.29 is 4.74 Å². The Morgan fingerprint density at radius 3 is 2.67 bits per heavy atom. The van der Waals surface area contributed by atoms with Crippen LogP contribution < -0.4 is 4.74 Å². The fourth-order valence-corrected chi connectivity index (χ4v) is 2.82. The molecule has 0 N–H and O–H groups in total. The van der Waals surface area contributed by atoms with Crippen LogP contribution in [0.25, 0.3) is 10.9 Å². The Morgan fingerprint density at radius 2 is 1.90 bits per heavy atom. The van der Waals surface area contributed by atoms with Crippen LogP contribution in [0.1, 0.15) is 18.2 Å². The molecule has 0 unspecified atom stereocenters. The summed E-state index contributed by atoms with van der Waals surface area (Å²) in [5.41, 5.74) is 3.70. The van der Waals surface area contributed by atoms with Gasteiger partial charge in [-0.2, -0.15) is 0 Å². The number of nitrogens with zero attached hydrogens (tertiary/aromatic N) is 1. The summed E-state index contributed by atoms with van der Waals surface area (Å²) >= 11 is 6.13. The maximum atomic E-state index is 6.13. The molecule has 0 radical (unpaired) electrons. The second-order valence-corrected chi connectivity index (χ2v) is 5.57. The largest absolute Gasteiger partial charge is 0.486 e. The molecule has 0 aliphatic heterocycles. The molecule has 2 aromatic carbocycles. The third kappa shape index (κ3) is 2.77. The number of ether oxygens (including phenoxy) is 1. The Balaban J connectivity index is 1.92. The third-order valence-electron chi connectivity index (χ3n) is 3.67. The Labute approximate surface area is 129 Å². The van der Waals surface area contributed by atoms with Gasteiger partial charge in [0.25, 0.3) is 0 Å². The Hall–Kier alpha value is -1.93. The molecule has 0 fully saturated rings. The van der Waals surface area contributed by atoms with Crippen LogP contribution in [0.4, 0.5) is 0 Å². The van der Waals surface area contributed by atoms with E-state index in [1.165, 1.54) is 16.5 Å². The van der Waals surface area contributed by atoms with Gasteiger partial charge in [0.05, 0.1) is 10.7 Å². The molecule has 2 nitrogen and oxygen atoms in total. The first kappa shape index (κ1) is 14.0. The summed E-state index contributed by atoms with van der Waals surface area (Å²) in [6.07, 6.45) is 0. The molecule has 0 saturated heterocycles. The molecule has 3 heteroatoms. The van der Waals surface area contributed by atoms with Gasteiger partial charge in [-0.25, -0.2) is 0 Å². The highest BCUT2D eigenvalue weighted by molar-refractivity contribution is 6.32. The molecule has 0 atom stereocenters. The SMILES string of the molecule is CCn1c(COc2ccccc2Cl)cc2ccc(C)cc21. The Bertz CT molecular complexity index is 776. The molecule has 21 heavy (non-hydrogen) atoms. The maximum Gasteiger partial charge on any atom is 0.138 e. The van der Waals surface area contributed by atoms with E-state index < -0.39 is 0 Å². The number of rotatable bonds is 4. The molecule has 108 valence electrons. The highest BCUT2D eigenvalue weighted by atomic mass is 35.5. The summed E-state index contributed by atoms with van der Waals surface area (Å²) in [4.78, 5) is 0. The van der Waals surface area contributed by atoms with Crippen molar-refractivity contribution in [1.82, 2.24) is 4.57 Å². The van der Waals surface area contributed by atoms with Gasteiger partial charge in [-0.05, 0) is 43.7 Å². The minimum absolute atomic E-state index is 0.519. The van der Waals surface area contributed by atoms with Crippen molar-refractivity contribution in [3.63, 3.8) is 0 Å². The number of para-hydroxylation sites is 1. The summed E-state index contributed by atoms with van der Waals surface area (Å²) in [6.45, 7) is 5.71.